The summed E-state index contributed by atoms with van der Waals surface area (Å²) in [4.78, 5) is 52.8. The second-order valence-corrected chi connectivity index (χ2v) is 8.87. The van der Waals surface area contributed by atoms with Crippen molar-refractivity contribution in [3.8, 4) is 0 Å². The molecule has 0 aliphatic carbocycles. The summed E-state index contributed by atoms with van der Waals surface area (Å²) in [7, 11) is 0. The molecule has 1 aromatic heterocycles. The lowest BCUT2D eigenvalue weighted by molar-refractivity contribution is -0.149. The summed E-state index contributed by atoms with van der Waals surface area (Å²) in [6.07, 6.45) is 0.852. The van der Waals surface area contributed by atoms with Gasteiger partial charge in [0.1, 0.15) is 6.04 Å². The largest absolute Gasteiger partial charge is 0.483 e. The van der Waals surface area contributed by atoms with E-state index in [1.807, 2.05) is 15.9 Å². The van der Waals surface area contributed by atoms with Crippen molar-refractivity contribution in [3.63, 3.8) is 0 Å². The van der Waals surface area contributed by atoms with Gasteiger partial charge in [0.05, 0.1) is 13.2 Å². The zero-order chi connectivity index (χ0) is 22.8. The highest BCUT2D eigenvalue weighted by Gasteiger charge is 2.47. The zero-order valence-corrected chi connectivity index (χ0v) is 18.3. The molecule has 32 heavy (non-hydrogen) atoms. The number of hydrogen-bond donors (Lipinski definition) is 1. The first-order chi connectivity index (χ1) is 15.4. The van der Waals surface area contributed by atoms with Crippen molar-refractivity contribution in [2.45, 2.75) is 31.3 Å². The molecule has 2 bridgehead atoms. The molecule has 0 unspecified atom stereocenters. The van der Waals surface area contributed by atoms with Crippen LogP contribution in [0.25, 0.3) is 0 Å². The first kappa shape index (κ1) is 22.5. The predicted octanol–water partition coefficient (Wildman–Crippen LogP) is -0.401. The molecule has 4 aliphatic rings. The number of rotatable bonds is 2. The molecule has 4 aliphatic heterocycles. The maximum absolute atomic E-state index is 13.5. The highest BCUT2D eigenvalue weighted by atomic mass is 16.5. The van der Waals surface area contributed by atoms with Crippen LogP contribution in [0.5, 0.6) is 0 Å². The Bertz CT molecular complexity index is 921. The lowest BCUT2D eigenvalue weighted by atomic mass is 9.77. The van der Waals surface area contributed by atoms with Gasteiger partial charge in [-0.25, -0.2) is 0 Å². The van der Waals surface area contributed by atoms with Crippen molar-refractivity contribution in [2.24, 2.45) is 5.92 Å². The van der Waals surface area contributed by atoms with E-state index >= 15 is 0 Å². The maximum Gasteiger partial charge on any atom is 0.290 e. The van der Waals surface area contributed by atoms with Gasteiger partial charge in [-0.1, -0.05) is 6.07 Å². The number of likely N-dealkylation sites (tertiary alicyclic amines) is 2. The third-order valence-electron chi connectivity index (χ3n) is 7.08. The van der Waals surface area contributed by atoms with Gasteiger partial charge in [-0.3, -0.25) is 28.6 Å². The summed E-state index contributed by atoms with van der Waals surface area (Å²) in [5.74, 6) is 0.167. The minimum absolute atomic E-state index is 0.0137. The number of aromatic nitrogens is 1. The molecule has 0 spiro atoms. The molecule has 3 fully saturated rings. The summed E-state index contributed by atoms with van der Waals surface area (Å²) < 4.78 is 7.15. The first-order valence-corrected chi connectivity index (χ1v) is 11.1. The Labute approximate surface area is 186 Å². The number of amides is 2. The first-order valence-electron chi connectivity index (χ1n) is 11.1. The maximum atomic E-state index is 13.5. The number of hydrogen-bond acceptors (Lipinski definition) is 6. The number of morpholine rings is 1. The molecule has 0 saturated carbocycles. The van der Waals surface area contributed by atoms with E-state index in [9.17, 15) is 14.4 Å². The Balaban J connectivity index is 0.000000775. The van der Waals surface area contributed by atoms with Gasteiger partial charge < -0.3 is 19.6 Å². The standard InChI is InChI=1S/C21H28N4O4.CH2O2/c1-14(26)23-10-15-9-16(11-23)20(25-18(15)3-2-4-19(25)27)21(28)24-12-17(13-24)22-5-7-29-8-6-22;2-1-3/h2-4,15-17,20H,5-13H2,1H3;1H,(H,2,3)/t15-,16+,20-;/m1./s1. The summed E-state index contributed by atoms with van der Waals surface area (Å²) in [6, 6.07) is 5.12. The fourth-order valence-corrected chi connectivity index (χ4v) is 5.50. The highest BCUT2D eigenvalue weighted by molar-refractivity contribution is 5.82. The fraction of sp³-hybridized carbons (Fsp3) is 0.636. The van der Waals surface area contributed by atoms with E-state index in [0.717, 1.165) is 38.4 Å². The van der Waals surface area contributed by atoms with E-state index in [-0.39, 0.29) is 35.7 Å². The van der Waals surface area contributed by atoms with Gasteiger partial charge in [-0.05, 0) is 12.5 Å². The van der Waals surface area contributed by atoms with Crippen molar-refractivity contribution in [2.75, 3.05) is 52.5 Å². The van der Waals surface area contributed by atoms with Crippen molar-refractivity contribution in [1.82, 2.24) is 19.3 Å². The molecule has 10 heteroatoms. The number of ether oxygens (including phenoxy) is 1. The average Bonchev–Trinajstić information content (AvgIpc) is 2.74. The topological polar surface area (TPSA) is 112 Å². The van der Waals surface area contributed by atoms with Crippen LogP contribution in [0, 0.1) is 5.92 Å². The summed E-state index contributed by atoms with van der Waals surface area (Å²) >= 11 is 0. The Morgan fingerprint density at radius 1 is 1.09 bits per heavy atom. The van der Waals surface area contributed by atoms with E-state index in [1.54, 1.807) is 23.6 Å². The van der Waals surface area contributed by atoms with E-state index in [2.05, 4.69) is 4.90 Å². The molecular formula is C22H30N4O6. The van der Waals surface area contributed by atoms with Gasteiger partial charge >= 0.3 is 0 Å². The zero-order valence-electron chi connectivity index (χ0n) is 18.3. The molecule has 5 heterocycles. The Morgan fingerprint density at radius 2 is 1.78 bits per heavy atom. The number of carboxylic acid groups (broad SMARTS) is 1. The molecule has 5 rings (SSSR count). The van der Waals surface area contributed by atoms with Crippen molar-refractivity contribution < 1.29 is 24.2 Å². The quantitative estimate of drug-likeness (QED) is 0.615. The van der Waals surface area contributed by atoms with Gasteiger partial charge in [0.15, 0.2) is 0 Å². The summed E-state index contributed by atoms with van der Waals surface area (Å²) in [6.45, 7) is 7.24. The third-order valence-corrected chi connectivity index (χ3v) is 7.08. The van der Waals surface area contributed by atoms with E-state index in [1.165, 1.54) is 0 Å². The van der Waals surface area contributed by atoms with Crippen LogP contribution in [0.3, 0.4) is 0 Å². The van der Waals surface area contributed by atoms with Gasteiger partial charge in [0.25, 0.3) is 12.0 Å². The molecule has 3 atom stereocenters. The van der Waals surface area contributed by atoms with E-state index in [0.29, 0.717) is 32.2 Å². The number of piperidine rings is 1. The van der Waals surface area contributed by atoms with Crippen LogP contribution >= 0.6 is 0 Å². The summed E-state index contributed by atoms with van der Waals surface area (Å²) in [5, 5.41) is 6.89. The van der Waals surface area contributed by atoms with Gasteiger partial charge in [0.2, 0.25) is 11.8 Å². The molecule has 1 aromatic rings. The third kappa shape index (κ3) is 4.16. The molecule has 3 saturated heterocycles. The molecule has 1 N–H and O–H groups in total. The van der Waals surface area contributed by atoms with Crippen LogP contribution < -0.4 is 5.56 Å². The minimum Gasteiger partial charge on any atom is -0.483 e. The summed E-state index contributed by atoms with van der Waals surface area (Å²) in [5.41, 5.74) is 0.778. The number of carbonyl (C=O) groups excluding carboxylic acids is 2. The number of fused-ring (bicyclic) bond motifs is 4. The van der Waals surface area contributed by atoms with Gasteiger partial charge in [-0.15, -0.1) is 0 Å². The molecule has 0 radical (unpaired) electrons. The smallest absolute Gasteiger partial charge is 0.290 e. The van der Waals surface area contributed by atoms with Gasteiger partial charge in [-0.2, -0.15) is 0 Å². The lowest BCUT2D eigenvalue weighted by Crippen LogP contribution is -2.65. The second-order valence-electron chi connectivity index (χ2n) is 8.87. The second kappa shape index (κ2) is 9.41. The van der Waals surface area contributed by atoms with Crippen LogP contribution in [0.4, 0.5) is 0 Å². The van der Waals surface area contributed by atoms with E-state index < -0.39 is 6.04 Å². The molecule has 174 valence electrons. The Kier molecular flexibility index (Phi) is 6.61. The van der Waals surface area contributed by atoms with Crippen molar-refractivity contribution in [3.05, 3.63) is 34.2 Å². The van der Waals surface area contributed by atoms with Crippen LogP contribution in [-0.2, 0) is 19.1 Å². The average molecular weight is 447 g/mol. The van der Waals surface area contributed by atoms with Crippen molar-refractivity contribution in [1.29, 1.82) is 0 Å². The SMILES string of the molecule is CC(=O)N1C[C@H]2C[C@@H](C1)[C@H](C(=O)N1CC(N3CCOCC3)C1)n1c2cccc1=O.O=CO. The van der Waals surface area contributed by atoms with Gasteiger partial charge in [0, 0.05) is 75.8 Å². The molecule has 2 amide bonds. The monoisotopic (exact) mass is 446 g/mol. The van der Waals surface area contributed by atoms with Crippen LogP contribution in [0.2, 0.25) is 0 Å². The van der Waals surface area contributed by atoms with E-state index in [4.69, 9.17) is 14.6 Å². The predicted molar refractivity (Wildman–Crippen MR) is 114 cm³/mol. The lowest BCUT2D eigenvalue weighted by Gasteiger charge is -2.51. The van der Waals surface area contributed by atoms with Crippen LogP contribution in [0.1, 0.15) is 31.0 Å². The minimum atomic E-state index is -0.511. The molecule has 10 nitrogen and oxygen atoms in total. The highest BCUT2D eigenvalue weighted by Crippen LogP contribution is 2.42. The normalized spacial score (nSPS) is 27.5. The number of nitrogens with zero attached hydrogens (tertiary/aromatic N) is 4. The number of carbonyl (C=O) groups is 3. The Hall–Kier alpha value is -2.72. The molecular weight excluding hydrogens is 416 g/mol. The van der Waals surface area contributed by atoms with Crippen LogP contribution in [-0.4, -0.2) is 101 Å². The molecule has 0 aromatic carbocycles. The fourth-order valence-electron chi connectivity index (χ4n) is 5.50. The Morgan fingerprint density at radius 3 is 2.44 bits per heavy atom. The number of pyridine rings is 1. The van der Waals surface area contributed by atoms with Crippen molar-refractivity contribution >= 4 is 18.3 Å². The van der Waals surface area contributed by atoms with Crippen LogP contribution in [0.15, 0.2) is 23.0 Å².